The van der Waals surface area contributed by atoms with Gasteiger partial charge in [-0.15, -0.1) is 12.4 Å². The lowest BCUT2D eigenvalue weighted by Crippen LogP contribution is -2.44. The van der Waals surface area contributed by atoms with E-state index in [0.29, 0.717) is 26.2 Å². The molecule has 2 aromatic rings. The van der Waals surface area contributed by atoms with Crippen molar-refractivity contribution in [2.45, 2.75) is 25.6 Å². The predicted molar refractivity (Wildman–Crippen MR) is 104 cm³/mol. The van der Waals surface area contributed by atoms with Gasteiger partial charge in [-0.25, -0.2) is 0 Å². The molecule has 140 valence electrons. The van der Waals surface area contributed by atoms with Crippen molar-refractivity contribution in [2.75, 3.05) is 19.8 Å². The summed E-state index contributed by atoms with van der Waals surface area (Å²) in [6.45, 7) is 3.19. The highest BCUT2D eigenvalue weighted by Crippen LogP contribution is 2.14. The van der Waals surface area contributed by atoms with Gasteiger partial charge < -0.3 is 20.1 Å². The number of benzene rings is 2. The van der Waals surface area contributed by atoms with Crippen LogP contribution in [-0.4, -0.2) is 31.7 Å². The van der Waals surface area contributed by atoms with Gasteiger partial charge in [-0.05, 0) is 23.3 Å². The van der Waals surface area contributed by atoms with E-state index in [0.717, 1.165) is 30.0 Å². The number of amides is 1. The second kappa shape index (κ2) is 10.8. The Morgan fingerprint density at radius 1 is 1.12 bits per heavy atom. The third kappa shape index (κ3) is 6.67. The zero-order chi connectivity index (χ0) is 17.3. The summed E-state index contributed by atoms with van der Waals surface area (Å²) in [5.74, 6) is 0.856. The van der Waals surface area contributed by atoms with Crippen LogP contribution >= 0.6 is 12.4 Å². The average molecular weight is 377 g/mol. The summed E-state index contributed by atoms with van der Waals surface area (Å²) in [6.07, 6.45) is 0.443. The first-order chi connectivity index (χ1) is 12.3. The first kappa shape index (κ1) is 20.2. The second-order valence-corrected chi connectivity index (χ2v) is 6.13. The SMILES string of the molecule is Cl.O=C(CC1COCCN1)NCc1ccc(OCc2ccccc2)cc1. The Kier molecular flexibility index (Phi) is 8.41. The molecule has 0 saturated carbocycles. The zero-order valence-electron chi connectivity index (χ0n) is 14.6. The van der Waals surface area contributed by atoms with E-state index in [-0.39, 0.29) is 24.4 Å². The lowest BCUT2D eigenvalue weighted by Gasteiger charge is -2.23. The summed E-state index contributed by atoms with van der Waals surface area (Å²) < 4.78 is 11.1. The summed E-state index contributed by atoms with van der Waals surface area (Å²) >= 11 is 0. The fourth-order valence-electron chi connectivity index (χ4n) is 2.69. The van der Waals surface area contributed by atoms with E-state index in [9.17, 15) is 4.79 Å². The maximum Gasteiger partial charge on any atom is 0.221 e. The number of carbonyl (C=O) groups is 1. The van der Waals surface area contributed by atoms with Crippen LogP contribution in [-0.2, 0) is 22.7 Å². The van der Waals surface area contributed by atoms with Crippen LogP contribution in [0.2, 0.25) is 0 Å². The van der Waals surface area contributed by atoms with Gasteiger partial charge in [0.15, 0.2) is 0 Å². The quantitative estimate of drug-likeness (QED) is 0.780. The minimum absolute atomic E-state index is 0. The predicted octanol–water partition coefficient (Wildman–Crippen LogP) is 2.68. The molecule has 0 bridgehead atoms. The van der Waals surface area contributed by atoms with Gasteiger partial charge in [-0.1, -0.05) is 42.5 Å². The number of halogens is 1. The zero-order valence-corrected chi connectivity index (χ0v) is 15.5. The Balaban J connectivity index is 0.00000243. The number of hydrogen-bond donors (Lipinski definition) is 2. The van der Waals surface area contributed by atoms with Crippen LogP contribution in [0.5, 0.6) is 5.75 Å². The molecule has 1 aliphatic heterocycles. The number of carbonyl (C=O) groups excluding carboxylic acids is 1. The maximum atomic E-state index is 12.0. The van der Waals surface area contributed by atoms with Crippen molar-refractivity contribution in [3.05, 3.63) is 65.7 Å². The third-order valence-electron chi connectivity index (χ3n) is 4.09. The van der Waals surface area contributed by atoms with E-state index in [2.05, 4.69) is 10.6 Å². The lowest BCUT2D eigenvalue weighted by atomic mass is 10.1. The van der Waals surface area contributed by atoms with Crippen molar-refractivity contribution >= 4 is 18.3 Å². The molecule has 0 spiro atoms. The average Bonchev–Trinajstić information content (AvgIpc) is 2.67. The molecule has 1 unspecified atom stereocenters. The molecule has 0 aliphatic carbocycles. The van der Waals surface area contributed by atoms with Crippen LogP contribution in [0.4, 0.5) is 0 Å². The van der Waals surface area contributed by atoms with Gasteiger partial charge in [0.2, 0.25) is 5.91 Å². The molecule has 6 heteroatoms. The van der Waals surface area contributed by atoms with Crippen molar-refractivity contribution in [1.29, 1.82) is 0 Å². The Labute approximate surface area is 160 Å². The van der Waals surface area contributed by atoms with Crippen LogP contribution in [0.3, 0.4) is 0 Å². The summed E-state index contributed by atoms with van der Waals surface area (Å²) in [6, 6.07) is 18.0. The molecular weight excluding hydrogens is 352 g/mol. The van der Waals surface area contributed by atoms with Gasteiger partial charge in [-0.3, -0.25) is 4.79 Å². The van der Waals surface area contributed by atoms with Crippen LogP contribution in [0.15, 0.2) is 54.6 Å². The van der Waals surface area contributed by atoms with E-state index in [4.69, 9.17) is 9.47 Å². The van der Waals surface area contributed by atoms with Gasteiger partial charge in [0, 0.05) is 25.6 Å². The molecular formula is C20H25ClN2O3. The molecule has 2 aromatic carbocycles. The number of ether oxygens (including phenoxy) is 2. The number of hydrogen-bond acceptors (Lipinski definition) is 4. The minimum Gasteiger partial charge on any atom is -0.489 e. The summed E-state index contributed by atoms with van der Waals surface area (Å²) in [7, 11) is 0. The van der Waals surface area contributed by atoms with Crippen molar-refractivity contribution in [2.24, 2.45) is 0 Å². The first-order valence-corrected chi connectivity index (χ1v) is 8.63. The monoisotopic (exact) mass is 376 g/mol. The maximum absolute atomic E-state index is 12.0. The fourth-order valence-corrected chi connectivity index (χ4v) is 2.69. The number of rotatable bonds is 7. The summed E-state index contributed by atoms with van der Waals surface area (Å²) in [5.41, 5.74) is 2.19. The lowest BCUT2D eigenvalue weighted by molar-refractivity contribution is -0.122. The van der Waals surface area contributed by atoms with Crippen LogP contribution in [0.1, 0.15) is 17.5 Å². The van der Waals surface area contributed by atoms with E-state index in [1.807, 2.05) is 54.6 Å². The van der Waals surface area contributed by atoms with Crippen molar-refractivity contribution in [3.63, 3.8) is 0 Å². The van der Waals surface area contributed by atoms with Crippen molar-refractivity contribution in [3.8, 4) is 5.75 Å². The van der Waals surface area contributed by atoms with E-state index in [1.54, 1.807) is 0 Å². The molecule has 0 aromatic heterocycles. The molecule has 2 N–H and O–H groups in total. The molecule has 1 amide bonds. The smallest absolute Gasteiger partial charge is 0.221 e. The van der Waals surface area contributed by atoms with E-state index in [1.165, 1.54) is 0 Å². The van der Waals surface area contributed by atoms with Crippen LogP contribution < -0.4 is 15.4 Å². The molecule has 1 aliphatic rings. The topological polar surface area (TPSA) is 59.6 Å². The van der Waals surface area contributed by atoms with Gasteiger partial charge >= 0.3 is 0 Å². The number of nitrogens with one attached hydrogen (secondary N) is 2. The van der Waals surface area contributed by atoms with Gasteiger partial charge in [-0.2, -0.15) is 0 Å². The first-order valence-electron chi connectivity index (χ1n) is 8.63. The van der Waals surface area contributed by atoms with Gasteiger partial charge in [0.1, 0.15) is 12.4 Å². The molecule has 3 rings (SSSR count). The van der Waals surface area contributed by atoms with Gasteiger partial charge in [0.05, 0.1) is 13.2 Å². The van der Waals surface area contributed by atoms with Crippen LogP contribution in [0.25, 0.3) is 0 Å². The standard InChI is InChI=1S/C20H24N2O3.ClH/c23-20(12-18-15-24-11-10-21-18)22-13-16-6-8-19(9-7-16)25-14-17-4-2-1-3-5-17;/h1-9,18,21H,10-15H2,(H,22,23);1H. The highest BCUT2D eigenvalue weighted by atomic mass is 35.5. The van der Waals surface area contributed by atoms with E-state index < -0.39 is 0 Å². The minimum atomic E-state index is 0. The molecule has 5 nitrogen and oxygen atoms in total. The largest absolute Gasteiger partial charge is 0.489 e. The Hall–Kier alpha value is -2.08. The summed E-state index contributed by atoms with van der Waals surface area (Å²) in [5, 5.41) is 6.23. The summed E-state index contributed by atoms with van der Waals surface area (Å²) in [4.78, 5) is 12.0. The molecule has 1 atom stereocenters. The highest BCUT2D eigenvalue weighted by Gasteiger charge is 2.16. The fraction of sp³-hybridized carbons (Fsp3) is 0.350. The third-order valence-corrected chi connectivity index (χ3v) is 4.09. The Morgan fingerprint density at radius 3 is 2.58 bits per heavy atom. The number of morpholine rings is 1. The molecule has 1 fully saturated rings. The highest BCUT2D eigenvalue weighted by molar-refractivity contribution is 5.85. The second-order valence-electron chi connectivity index (χ2n) is 6.13. The van der Waals surface area contributed by atoms with Crippen LogP contribution in [0, 0.1) is 0 Å². The van der Waals surface area contributed by atoms with Crippen molar-refractivity contribution in [1.82, 2.24) is 10.6 Å². The molecule has 0 radical (unpaired) electrons. The molecule has 26 heavy (non-hydrogen) atoms. The normalized spacial score (nSPS) is 16.4. The molecule has 1 saturated heterocycles. The Morgan fingerprint density at radius 2 is 1.88 bits per heavy atom. The van der Waals surface area contributed by atoms with Gasteiger partial charge in [0.25, 0.3) is 0 Å². The van der Waals surface area contributed by atoms with E-state index >= 15 is 0 Å². The molecule has 1 heterocycles. The Bertz CT molecular complexity index is 659. The van der Waals surface area contributed by atoms with Crippen molar-refractivity contribution < 1.29 is 14.3 Å².